The predicted molar refractivity (Wildman–Crippen MR) is 105 cm³/mol. The van der Waals surface area contributed by atoms with Crippen LogP contribution >= 0.6 is 11.6 Å². The molecule has 0 aromatic heterocycles. The molecule has 0 spiro atoms. The van der Waals surface area contributed by atoms with E-state index in [0.717, 1.165) is 6.07 Å². The Bertz CT molecular complexity index is 987. The molecule has 0 radical (unpaired) electrons. The number of sulfonamides is 1. The summed E-state index contributed by atoms with van der Waals surface area (Å²) in [7, 11) is -3.56. The van der Waals surface area contributed by atoms with Crippen molar-refractivity contribution in [3.8, 4) is 0 Å². The smallest absolute Gasteiger partial charge is 0.248 e. The Hall–Kier alpha value is -2.26. The fraction of sp³-hybridized carbons (Fsp3) is 0.211. The summed E-state index contributed by atoms with van der Waals surface area (Å²) in [6.45, 7) is 1.41. The lowest BCUT2D eigenvalue weighted by atomic mass is 10.2. The number of nitrogens with zero attached hydrogens (tertiary/aromatic N) is 1. The quantitative estimate of drug-likeness (QED) is 0.748. The normalized spacial score (nSPS) is 15.6. The third kappa shape index (κ3) is 4.96. The lowest BCUT2D eigenvalue weighted by Gasteiger charge is -2.26. The van der Waals surface area contributed by atoms with Crippen molar-refractivity contribution in [2.75, 3.05) is 31.6 Å². The number of halogens is 2. The summed E-state index contributed by atoms with van der Waals surface area (Å²) in [6, 6.07) is 10.1. The lowest BCUT2D eigenvalue weighted by molar-refractivity contribution is -0.111. The standard InChI is InChI=1S/C19H18ClFN2O4S/c20-15-4-7-18(17(21)13-15)22-19(24)8-3-14-1-5-16(6-2-14)28(25,26)23-9-11-27-12-10-23/h1-8,13H,9-12H2,(H,22,24)/b8-3+. The minimum absolute atomic E-state index is 0.0194. The third-order valence-electron chi connectivity index (χ3n) is 4.10. The van der Waals surface area contributed by atoms with Gasteiger partial charge in [0.25, 0.3) is 0 Å². The summed E-state index contributed by atoms with van der Waals surface area (Å²) < 4.78 is 45.4. The van der Waals surface area contributed by atoms with E-state index in [2.05, 4.69) is 5.32 Å². The van der Waals surface area contributed by atoms with E-state index in [1.165, 1.54) is 40.7 Å². The molecule has 0 atom stereocenters. The molecule has 1 saturated heterocycles. The van der Waals surface area contributed by atoms with E-state index in [1.807, 2.05) is 0 Å². The van der Waals surface area contributed by atoms with Crippen LogP contribution in [-0.4, -0.2) is 44.9 Å². The molecular formula is C19H18ClFN2O4S. The number of amides is 1. The van der Waals surface area contributed by atoms with Gasteiger partial charge in [0.15, 0.2) is 0 Å². The highest BCUT2D eigenvalue weighted by molar-refractivity contribution is 7.89. The van der Waals surface area contributed by atoms with Gasteiger partial charge in [-0.1, -0.05) is 23.7 Å². The molecule has 2 aromatic carbocycles. The maximum Gasteiger partial charge on any atom is 0.248 e. The van der Waals surface area contributed by atoms with E-state index in [4.69, 9.17) is 16.3 Å². The number of carbonyl (C=O) groups is 1. The van der Waals surface area contributed by atoms with Gasteiger partial charge in [0.1, 0.15) is 5.82 Å². The van der Waals surface area contributed by atoms with Gasteiger partial charge < -0.3 is 10.1 Å². The first-order valence-electron chi connectivity index (χ1n) is 8.48. The number of rotatable bonds is 5. The van der Waals surface area contributed by atoms with Crippen LogP contribution in [-0.2, 0) is 19.6 Å². The molecule has 148 valence electrons. The fourth-order valence-electron chi connectivity index (χ4n) is 2.62. The van der Waals surface area contributed by atoms with Gasteiger partial charge in [-0.3, -0.25) is 4.79 Å². The summed E-state index contributed by atoms with van der Waals surface area (Å²) in [5, 5.41) is 2.65. The zero-order valence-electron chi connectivity index (χ0n) is 14.8. The Morgan fingerprint density at radius 3 is 2.46 bits per heavy atom. The minimum atomic E-state index is -3.56. The highest BCUT2D eigenvalue weighted by atomic mass is 35.5. The van der Waals surface area contributed by atoms with E-state index in [-0.39, 0.29) is 15.6 Å². The molecule has 1 fully saturated rings. The molecule has 1 amide bonds. The first-order chi connectivity index (χ1) is 13.4. The van der Waals surface area contributed by atoms with Gasteiger partial charge in [0, 0.05) is 24.2 Å². The van der Waals surface area contributed by atoms with Crippen molar-refractivity contribution in [1.82, 2.24) is 4.31 Å². The van der Waals surface area contributed by atoms with Crippen molar-refractivity contribution < 1.29 is 22.3 Å². The molecule has 1 aliphatic heterocycles. The van der Waals surface area contributed by atoms with Crippen LogP contribution < -0.4 is 5.32 Å². The van der Waals surface area contributed by atoms with E-state index in [9.17, 15) is 17.6 Å². The van der Waals surface area contributed by atoms with Gasteiger partial charge in [0.2, 0.25) is 15.9 Å². The molecule has 1 N–H and O–H groups in total. The van der Waals surface area contributed by atoms with Crippen molar-refractivity contribution >= 4 is 39.3 Å². The monoisotopic (exact) mass is 424 g/mol. The maximum atomic E-state index is 13.7. The first kappa shape index (κ1) is 20.5. The highest BCUT2D eigenvalue weighted by Crippen LogP contribution is 2.20. The van der Waals surface area contributed by atoms with Crippen LogP contribution in [0, 0.1) is 5.82 Å². The van der Waals surface area contributed by atoms with E-state index < -0.39 is 21.7 Å². The zero-order valence-corrected chi connectivity index (χ0v) is 16.3. The Labute approximate surface area is 167 Å². The van der Waals surface area contributed by atoms with Crippen molar-refractivity contribution in [2.24, 2.45) is 0 Å². The van der Waals surface area contributed by atoms with E-state index >= 15 is 0 Å². The molecule has 6 nitrogen and oxygen atoms in total. The fourth-order valence-corrected chi connectivity index (χ4v) is 4.19. The average molecular weight is 425 g/mol. The Morgan fingerprint density at radius 1 is 1.14 bits per heavy atom. The van der Waals surface area contributed by atoms with Crippen molar-refractivity contribution in [3.63, 3.8) is 0 Å². The van der Waals surface area contributed by atoms with Crippen LogP contribution in [0.15, 0.2) is 53.4 Å². The topological polar surface area (TPSA) is 75.7 Å². The van der Waals surface area contributed by atoms with Crippen LogP contribution in [0.4, 0.5) is 10.1 Å². The van der Waals surface area contributed by atoms with Crippen molar-refractivity contribution in [1.29, 1.82) is 0 Å². The molecule has 1 heterocycles. The summed E-state index contributed by atoms with van der Waals surface area (Å²) in [5.41, 5.74) is 0.652. The first-order valence-corrected chi connectivity index (χ1v) is 10.3. The Balaban J connectivity index is 1.65. The second kappa shape index (κ2) is 8.83. The number of morpholine rings is 1. The third-order valence-corrected chi connectivity index (χ3v) is 6.25. The lowest BCUT2D eigenvalue weighted by Crippen LogP contribution is -2.40. The molecule has 3 rings (SSSR count). The average Bonchev–Trinajstić information content (AvgIpc) is 2.69. The number of ether oxygens (including phenoxy) is 1. The number of nitrogens with one attached hydrogen (secondary N) is 1. The van der Waals surface area contributed by atoms with Gasteiger partial charge >= 0.3 is 0 Å². The highest BCUT2D eigenvalue weighted by Gasteiger charge is 2.25. The van der Waals surface area contributed by atoms with Crippen LogP contribution in [0.5, 0.6) is 0 Å². The van der Waals surface area contributed by atoms with Crippen LogP contribution in [0.25, 0.3) is 6.08 Å². The second-order valence-corrected chi connectivity index (χ2v) is 8.41. The number of hydrogen-bond donors (Lipinski definition) is 1. The largest absolute Gasteiger partial charge is 0.379 e. The SMILES string of the molecule is O=C(/C=C/c1ccc(S(=O)(=O)N2CCOCC2)cc1)Nc1ccc(Cl)cc1F. The summed E-state index contributed by atoms with van der Waals surface area (Å²) in [6.07, 6.45) is 2.74. The zero-order chi connectivity index (χ0) is 20.1. The van der Waals surface area contributed by atoms with Gasteiger partial charge in [-0.05, 0) is 42.0 Å². The van der Waals surface area contributed by atoms with Crippen molar-refractivity contribution in [3.05, 3.63) is 64.9 Å². The second-order valence-electron chi connectivity index (χ2n) is 6.03. The molecule has 9 heteroatoms. The Kier molecular flexibility index (Phi) is 6.46. The van der Waals surface area contributed by atoms with Crippen molar-refractivity contribution in [2.45, 2.75) is 4.90 Å². The van der Waals surface area contributed by atoms with Crippen LogP contribution in [0.3, 0.4) is 0 Å². The molecule has 2 aromatic rings. The van der Waals surface area contributed by atoms with Gasteiger partial charge in [0.05, 0.1) is 23.8 Å². The van der Waals surface area contributed by atoms with Crippen LogP contribution in [0.2, 0.25) is 5.02 Å². The number of hydrogen-bond acceptors (Lipinski definition) is 4. The number of benzene rings is 2. The van der Waals surface area contributed by atoms with Gasteiger partial charge in [-0.2, -0.15) is 4.31 Å². The predicted octanol–water partition coefficient (Wildman–Crippen LogP) is 3.15. The van der Waals surface area contributed by atoms with E-state index in [0.29, 0.717) is 31.9 Å². The molecular weight excluding hydrogens is 407 g/mol. The minimum Gasteiger partial charge on any atom is -0.379 e. The van der Waals surface area contributed by atoms with Gasteiger partial charge in [-0.25, -0.2) is 12.8 Å². The molecule has 0 aliphatic carbocycles. The summed E-state index contributed by atoms with van der Waals surface area (Å²) in [4.78, 5) is 12.1. The Morgan fingerprint density at radius 2 is 1.82 bits per heavy atom. The molecule has 0 unspecified atom stereocenters. The van der Waals surface area contributed by atoms with E-state index in [1.54, 1.807) is 12.1 Å². The summed E-state index contributed by atoms with van der Waals surface area (Å²) >= 11 is 5.67. The summed E-state index contributed by atoms with van der Waals surface area (Å²) in [5.74, 6) is -1.15. The molecule has 0 saturated carbocycles. The molecule has 1 aliphatic rings. The van der Waals surface area contributed by atoms with Crippen LogP contribution in [0.1, 0.15) is 5.56 Å². The molecule has 28 heavy (non-hydrogen) atoms. The molecule has 0 bridgehead atoms. The van der Waals surface area contributed by atoms with Gasteiger partial charge in [-0.15, -0.1) is 0 Å². The number of anilines is 1. The maximum absolute atomic E-state index is 13.7. The number of carbonyl (C=O) groups excluding carboxylic acids is 1.